The standard InChI is InChI=1S/C20H23BrN6O2/c1-4-7-14(28)16-11(2)24-19(26-18(16)17(23-3)12(21)10-22)27-20-25-13-8-5-6-9-15(13)29-20/h5-6,8-10,18H,4,7,22H2,1-3H3,(H2,24,25,26,27)/b12-10+,23-17?. The van der Waals surface area contributed by atoms with Crippen LogP contribution in [0.4, 0.5) is 6.01 Å². The number of oxazole rings is 1. The number of carbonyl (C=O) groups is 1. The number of guanidine groups is 1. The molecule has 1 aliphatic rings. The van der Waals surface area contributed by atoms with E-state index >= 15 is 0 Å². The number of aromatic nitrogens is 1. The first-order valence-corrected chi connectivity index (χ1v) is 10.0. The van der Waals surface area contributed by atoms with Gasteiger partial charge in [-0.25, -0.2) is 4.99 Å². The fourth-order valence-electron chi connectivity index (χ4n) is 3.13. The van der Waals surface area contributed by atoms with E-state index in [4.69, 9.17) is 10.2 Å². The van der Waals surface area contributed by atoms with Gasteiger partial charge in [-0.3, -0.25) is 15.1 Å². The van der Waals surface area contributed by atoms with Crippen LogP contribution < -0.4 is 16.4 Å². The number of ketones is 1. The van der Waals surface area contributed by atoms with E-state index in [1.165, 1.54) is 6.20 Å². The van der Waals surface area contributed by atoms with Crippen LogP contribution in [0.5, 0.6) is 0 Å². The number of anilines is 1. The lowest BCUT2D eigenvalue weighted by molar-refractivity contribution is -0.115. The Balaban J connectivity index is 1.98. The van der Waals surface area contributed by atoms with Crippen LogP contribution in [-0.2, 0) is 4.79 Å². The molecule has 0 fully saturated rings. The zero-order chi connectivity index (χ0) is 21.0. The number of benzene rings is 1. The number of allylic oxidation sites excluding steroid dienone is 1. The molecule has 1 aromatic carbocycles. The van der Waals surface area contributed by atoms with Crippen LogP contribution >= 0.6 is 15.9 Å². The molecular weight excluding hydrogens is 436 g/mol. The zero-order valence-electron chi connectivity index (χ0n) is 16.5. The van der Waals surface area contributed by atoms with E-state index in [1.54, 1.807) is 7.05 Å². The smallest absolute Gasteiger partial charge is 0.302 e. The Morgan fingerprint density at radius 2 is 2.21 bits per heavy atom. The molecule has 4 N–H and O–H groups in total. The maximum Gasteiger partial charge on any atom is 0.302 e. The highest BCUT2D eigenvalue weighted by Crippen LogP contribution is 2.25. The Hall–Kier alpha value is -2.94. The Morgan fingerprint density at radius 1 is 1.45 bits per heavy atom. The molecule has 1 aromatic heterocycles. The second kappa shape index (κ2) is 9.04. The van der Waals surface area contributed by atoms with Crippen molar-refractivity contribution in [2.75, 3.05) is 12.4 Å². The number of hydrogen-bond acceptors (Lipinski definition) is 8. The molecule has 2 heterocycles. The van der Waals surface area contributed by atoms with Crippen LogP contribution in [0.15, 0.2) is 60.6 Å². The minimum Gasteiger partial charge on any atom is -0.423 e. The third kappa shape index (κ3) is 4.40. The van der Waals surface area contributed by atoms with Crippen LogP contribution in [0, 0.1) is 0 Å². The van der Waals surface area contributed by atoms with Crippen LogP contribution in [0.2, 0.25) is 0 Å². The maximum atomic E-state index is 12.8. The number of hydrogen-bond donors (Lipinski definition) is 3. The fourth-order valence-corrected chi connectivity index (χ4v) is 3.53. The summed E-state index contributed by atoms with van der Waals surface area (Å²) >= 11 is 3.42. The van der Waals surface area contributed by atoms with E-state index in [0.29, 0.717) is 45.4 Å². The van der Waals surface area contributed by atoms with Gasteiger partial charge in [0.2, 0.25) is 5.96 Å². The van der Waals surface area contributed by atoms with Gasteiger partial charge in [0.1, 0.15) is 11.6 Å². The monoisotopic (exact) mass is 458 g/mol. The summed E-state index contributed by atoms with van der Waals surface area (Å²) in [6.45, 7) is 3.80. The van der Waals surface area contributed by atoms with Crippen molar-refractivity contribution in [2.45, 2.75) is 32.7 Å². The molecule has 9 heteroatoms. The molecule has 0 saturated carbocycles. The minimum atomic E-state index is -0.610. The molecule has 1 aliphatic heterocycles. The predicted molar refractivity (Wildman–Crippen MR) is 119 cm³/mol. The van der Waals surface area contributed by atoms with Gasteiger partial charge in [0.15, 0.2) is 11.4 Å². The summed E-state index contributed by atoms with van der Waals surface area (Å²) in [6, 6.07) is 7.16. The van der Waals surface area contributed by atoms with Gasteiger partial charge in [-0.1, -0.05) is 19.1 Å². The van der Waals surface area contributed by atoms with Crippen molar-refractivity contribution >= 4 is 50.5 Å². The summed E-state index contributed by atoms with van der Waals surface area (Å²) < 4.78 is 6.29. The number of Topliss-reactive ketones (excluding diaryl/α,β-unsaturated/α-hetero) is 1. The van der Waals surface area contributed by atoms with Gasteiger partial charge >= 0.3 is 6.01 Å². The zero-order valence-corrected chi connectivity index (χ0v) is 18.1. The molecular formula is C20H23BrN6O2. The van der Waals surface area contributed by atoms with Crippen molar-refractivity contribution in [1.29, 1.82) is 0 Å². The molecule has 0 bridgehead atoms. The van der Waals surface area contributed by atoms with Gasteiger partial charge in [-0.05, 0) is 41.4 Å². The molecule has 152 valence electrons. The highest BCUT2D eigenvalue weighted by Gasteiger charge is 2.32. The van der Waals surface area contributed by atoms with Crippen molar-refractivity contribution in [3.63, 3.8) is 0 Å². The van der Waals surface area contributed by atoms with Crippen molar-refractivity contribution in [2.24, 2.45) is 15.7 Å². The van der Waals surface area contributed by atoms with Gasteiger partial charge in [0, 0.05) is 30.9 Å². The first kappa shape index (κ1) is 20.8. The number of rotatable bonds is 6. The molecule has 1 atom stereocenters. The number of aliphatic imine (C=N–C) groups is 2. The van der Waals surface area contributed by atoms with Crippen LogP contribution in [-0.4, -0.2) is 35.5 Å². The number of nitrogens with one attached hydrogen (secondary N) is 2. The van der Waals surface area contributed by atoms with E-state index in [-0.39, 0.29) is 5.78 Å². The third-order valence-electron chi connectivity index (χ3n) is 4.43. The number of nitrogens with two attached hydrogens (primary N) is 1. The van der Waals surface area contributed by atoms with Crippen LogP contribution in [0.1, 0.15) is 26.7 Å². The fraction of sp³-hybridized carbons (Fsp3) is 0.300. The lowest BCUT2D eigenvalue weighted by Crippen LogP contribution is -2.41. The van der Waals surface area contributed by atoms with Gasteiger partial charge in [0.05, 0.1) is 10.2 Å². The molecule has 8 nitrogen and oxygen atoms in total. The molecule has 29 heavy (non-hydrogen) atoms. The molecule has 0 spiro atoms. The normalized spacial score (nSPS) is 17.9. The van der Waals surface area contributed by atoms with Crippen molar-refractivity contribution in [3.05, 3.63) is 46.2 Å². The first-order valence-electron chi connectivity index (χ1n) is 9.24. The van der Waals surface area contributed by atoms with Gasteiger partial charge in [0.25, 0.3) is 0 Å². The SMILES string of the molecule is CCCC(=O)C1=C(C)NC(Nc2nc3ccccc3o2)=NC1C(=NC)/C(Br)=C\N. The summed E-state index contributed by atoms with van der Waals surface area (Å²) in [5.74, 6) is 0.427. The average molecular weight is 459 g/mol. The highest BCUT2D eigenvalue weighted by molar-refractivity contribution is 9.12. The van der Waals surface area contributed by atoms with Gasteiger partial charge in [-0.2, -0.15) is 4.98 Å². The molecule has 1 unspecified atom stereocenters. The largest absolute Gasteiger partial charge is 0.423 e. The second-order valence-corrected chi connectivity index (χ2v) is 7.31. The highest BCUT2D eigenvalue weighted by atomic mass is 79.9. The predicted octanol–water partition coefficient (Wildman–Crippen LogP) is 3.48. The molecule has 0 amide bonds. The number of fused-ring (bicyclic) bond motifs is 1. The summed E-state index contributed by atoms with van der Waals surface area (Å²) in [6.07, 6.45) is 2.56. The molecule has 0 aliphatic carbocycles. The van der Waals surface area contributed by atoms with Gasteiger partial charge in [-0.15, -0.1) is 0 Å². The lowest BCUT2D eigenvalue weighted by atomic mass is 9.93. The maximum absolute atomic E-state index is 12.8. The molecule has 3 rings (SSSR count). The van der Waals surface area contributed by atoms with E-state index < -0.39 is 6.04 Å². The van der Waals surface area contributed by atoms with Crippen LogP contribution in [0.25, 0.3) is 11.1 Å². The van der Waals surface area contributed by atoms with Gasteiger partial charge < -0.3 is 15.5 Å². The third-order valence-corrected chi connectivity index (χ3v) is 5.10. The summed E-state index contributed by atoms with van der Waals surface area (Å²) in [7, 11) is 1.64. The van der Waals surface area contributed by atoms with E-state index in [2.05, 4.69) is 41.5 Å². The number of para-hydroxylation sites is 2. The summed E-state index contributed by atoms with van der Waals surface area (Å²) in [4.78, 5) is 26.2. The summed E-state index contributed by atoms with van der Waals surface area (Å²) in [5, 5.41) is 6.19. The van der Waals surface area contributed by atoms with E-state index in [1.807, 2.05) is 38.1 Å². The Labute approximate surface area is 177 Å². The van der Waals surface area contributed by atoms with Crippen molar-refractivity contribution in [1.82, 2.24) is 10.3 Å². The Bertz CT molecular complexity index is 1020. The molecule has 0 radical (unpaired) electrons. The minimum absolute atomic E-state index is 0.0191. The average Bonchev–Trinajstić information content (AvgIpc) is 3.10. The van der Waals surface area contributed by atoms with E-state index in [0.717, 1.165) is 11.9 Å². The first-order chi connectivity index (χ1) is 14.0. The molecule has 0 saturated heterocycles. The summed E-state index contributed by atoms with van der Waals surface area (Å²) in [5.41, 5.74) is 8.90. The lowest BCUT2D eigenvalue weighted by Gasteiger charge is -2.27. The van der Waals surface area contributed by atoms with Crippen molar-refractivity contribution < 1.29 is 9.21 Å². The van der Waals surface area contributed by atoms with Crippen LogP contribution in [0.3, 0.4) is 0 Å². The van der Waals surface area contributed by atoms with Crippen molar-refractivity contribution in [3.8, 4) is 0 Å². The Kier molecular flexibility index (Phi) is 6.48. The number of halogens is 1. The number of nitrogens with zero attached hydrogens (tertiary/aromatic N) is 3. The number of carbonyl (C=O) groups excluding carboxylic acids is 1. The second-order valence-electron chi connectivity index (χ2n) is 6.45. The quantitative estimate of drug-likeness (QED) is 0.570. The Morgan fingerprint density at radius 3 is 2.86 bits per heavy atom. The molecule has 2 aromatic rings. The van der Waals surface area contributed by atoms with E-state index in [9.17, 15) is 4.79 Å². The topological polar surface area (TPSA) is 118 Å².